The summed E-state index contributed by atoms with van der Waals surface area (Å²) in [4.78, 5) is 13.9. The standard InChI is InChI=1S/C14H21NO2/c1-5-6-11-7-8-14(17-11)9-12(16)15(10-14)13(2,3)4/h5,7-8,11H,1,6,9-10H2,2-4H3. The van der Waals surface area contributed by atoms with E-state index in [0.717, 1.165) is 6.42 Å². The molecule has 2 aliphatic rings. The zero-order valence-electron chi connectivity index (χ0n) is 10.9. The quantitative estimate of drug-likeness (QED) is 0.687. The van der Waals surface area contributed by atoms with Crippen LogP contribution in [-0.2, 0) is 9.53 Å². The zero-order valence-corrected chi connectivity index (χ0v) is 10.9. The summed E-state index contributed by atoms with van der Waals surface area (Å²) in [5.41, 5.74) is -0.521. The van der Waals surface area contributed by atoms with Gasteiger partial charge in [-0.15, -0.1) is 6.58 Å². The molecule has 1 spiro atoms. The Balaban J connectivity index is 2.10. The third-order valence-electron chi connectivity index (χ3n) is 3.39. The Hall–Kier alpha value is -1.09. The van der Waals surface area contributed by atoms with E-state index in [1.54, 1.807) is 0 Å². The maximum Gasteiger partial charge on any atom is 0.226 e. The van der Waals surface area contributed by atoms with E-state index in [4.69, 9.17) is 4.74 Å². The van der Waals surface area contributed by atoms with Gasteiger partial charge in [-0.2, -0.15) is 0 Å². The molecule has 2 atom stereocenters. The molecule has 17 heavy (non-hydrogen) atoms. The van der Waals surface area contributed by atoms with Gasteiger partial charge in [-0.25, -0.2) is 0 Å². The van der Waals surface area contributed by atoms with Crippen LogP contribution in [-0.4, -0.2) is 34.6 Å². The van der Waals surface area contributed by atoms with Crippen molar-refractivity contribution in [2.24, 2.45) is 0 Å². The number of ether oxygens (including phenoxy) is 1. The number of carbonyl (C=O) groups is 1. The average molecular weight is 235 g/mol. The molecule has 1 saturated heterocycles. The normalized spacial score (nSPS) is 32.8. The van der Waals surface area contributed by atoms with E-state index in [9.17, 15) is 4.79 Å². The molecule has 0 aromatic heterocycles. The second kappa shape index (κ2) is 3.98. The van der Waals surface area contributed by atoms with Crippen LogP contribution in [0.1, 0.15) is 33.6 Å². The second-order valence-electron chi connectivity index (χ2n) is 5.93. The molecule has 1 fully saturated rings. The summed E-state index contributed by atoms with van der Waals surface area (Å²) in [5, 5.41) is 0. The molecule has 0 aliphatic carbocycles. The molecular formula is C14H21NO2. The van der Waals surface area contributed by atoms with E-state index in [0.29, 0.717) is 13.0 Å². The molecule has 2 rings (SSSR count). The molecule has 3 heteroatoms. The van der Waals surface area contributed by atoms with E-state index in [1.807, 2.05) is 11.0 Å². The van der Waals surface area contributed by atoms with Gasteiger partial charge in [-0.1, -0.05) is 18.2 Å². The van der Waals surface area contributed by atoms with Crippen molar-refractivity contribution in [2.75, 3.05) is 6.54 Å². The topological polar surface area (TPSA) is 29.5 Å². The molecule has 0 saturated carbocycles. The van der Waals surface area contributed by atoms with Crippen molar-refractivity contribution in [3.8, 4) is 0 Å². The number of amides is 1. The zero-order chi connectivity index (χ0) is 12.7. The van der Waals surface area contributed by atoms with E-state index in [2.05, 4.69) is 39.5 Å². The first-order chi connectivity index (χ1) is 7.86. The fourth-order valence-electron chi connectivity index (χ4n) is 2.52. The molecule has 0 aromatic carbocycles. The highest BCUT2D eigenvalue weighted by Gasteiger charge is 2.48. The molecule has 3 nitrogen and oxygen atoms in total. The summed E-state index contributed by atoms with van der Waals surface area (Å²) in [7, 11) is 0. The van der Waals surface area contributed by atoms with Gasteiger partial charge in [0.1, 0.15) is 5.60 Å². The van der Waals surface area contributed by atoms with Gasteiger partial charge in [0.25, 0.3) is 0 Å². The van der Waals surface area contributed by atoms with Crippen molar-refractivity contribution < 1.29 is 9.53 Å². The lowest BCUT2D eigenvalue weighted by Gasteiger charge is -2.33. The van der Waals surface area contributed by atoms with Crippen molar-refractivity contribution in [1.29, 1.82) is 0 Å². The maximum atomic E-state index is 12.0. The van der Waals surface area contributed by atoms with Gasteiger partial charge < -0.3 is 9.64 Å². The van der Waals surface area contributed by atoms with E-state index >= 15 is 0 Å². The van der Waals surface area contributed by atoms with E-state index in [-0.39, 0.29) is 17.6 Å². The van der Waals surface area contributed by atoms with Crippen LogP contribution in [0.4, 0.5) is 0 Å². The molecule has 0 N–H and O–H groups in total. The number of hydrogen-bond acceptors (Lipinski definition) is 2. The summed E-state index contributed by atoms with van der Waals surface area (Å²) >= 11 is 0. The SMILES string of the molecule is C=CCC1C=CC2(CC(=O)N(C(C)(C)C)C2)O1. The van der Waals surface area contributed by atoms with Crippen molar-refractivity contribution in [3.63, 3.8) is 0 Å². The third-order valence-corrected chi connectivity index (χ3v) is 3.39. The van der Waals surface area contributed by atoms with Crippen LogP contribution >= 0.6 is 0 Å². The Kier molecular flexibility index (Phi) is 2.90. The summed E-state index contributed by atoms with van der Waals surface area (Å²) in [6.07, 6.45) is 7.33. The van der Waals surface area contributed by atoms with Crippen LogP contribution in [0.3, 0.4) is 0 Å². The Morgan fingerprint density at radius 2 is 2.35 bits per heavy atom. The van der Waals surface area contributed by atoms with Gasteiger partial charge in [-0.05, 0) is 27.2 Å². The average Bonchev–Trinajstić information content (AvgIpc) is 2.72. The highest BCUT2D eigenvalue weighted by molar-refractivity contribution is 5.81. The fourth-order valence-corrected chi connectivity index (χ4v) is 2.52. The van der Waals surface area contributed by atoms with Gasteiger partial charge >= 0.3 is 0 Å². The smallest absolute Gasteiger partial charge is 0.226 e. The van der Waals surface area contributed by atoms with E-state index in [1.165, 1.54) is 0 Å². The highest BCUT2D eigenvalue weighted by Crippen LogP contribution is 2.37. The lowest BCUT2D eigenvalue weighted by molar-refractivity contribution is -0.131. The fraction of sp³-hybridized carbons (Fsp3) is 0.643. The predicted octanol–water partition coefficient (Wildman–Crippen LogP) is 2.29. The van der Waals surface area contributed by atoms with Gasteiger partial charge in [0.2, 0.25) is 5.91 Å². The van der Waals surface area contributed by atoms with Crippen LogP contribution in [0.5, 0.6) is 0 Å². The number of likely N-dealkylation sites (tertiary alicyclic amines) is 1. The van der Waals surface area contributed by atoms with Crippen LogP contribution in [0, 0.1) is 0 Å². The number of rotatable bonds is 2. The lowest BCUT2D eigenvalue weighted by atomic mass is 10.0. The molecular weight excluding hydrogens is 214 g/mol. The highest BCUT2D eigenvalue weighted by atomic mass is 16.5. The van der Waals surface area contributed by atoms with Crippen molar-refractivity contribution in [3.05, 3.63) is 24.8 Å². The molecule has 2 aliphatic heterocycles. The molecule has 0 aromatic rings. The van der Waals surface area contributed by atoms with E-state index < -0.39 is 5.60 Å². The predicted molar refractivity (Wildman–Crippen MR) is 67.6 cm³/mol. The van der Waals surface area contributed by atoms with Crippen LogP contribution < -0.4 is 0 Å². The van der Waals surface area contributed by atoms with Crippen LogP contribution in [0.15, 0.2) is 24.8 Å². The Bertz CT molecular complexity index is 367. The van der Waals surface area contributed by atoms with Crippen molar-refractivity contribution in [1.82, 2.24) is 4.90 Å². The summed E-state index contributed by atoms with van der Waals surface area (Å²) in [6, 6.07) is 0. The first kappa shape index (κ1) is 12.4. The van der Waals surface area contributed by atoms with Gasteiger partial charge in [0.15, 0.2) is 0 Å². The van der Waals surface area contributed by atoms with Crippen molar-refractivity contribution in [2.45, 2.75) is 50.9 Å². The molecule has 94 valence electrons. The third kappa shape index (κ3) is 2.29. The largest absolute Gasteiger partial charge is 0.361 e. The second-order valence-corrected chi connectivity index (χ2v) is 5.93. The van der Waals surface area contributed by atoms with Gasteiger partial charge in [0.05, 0.1) is 19.1 Å². The van der Waals surface area contributed by atoms with Crippen molar-refractivity contribution >= 4 is 5.91 Å². The summed E-state index contributed by atoms with van der Waals surface area (Å²) in [5.74, 6) is 0.182. The molecule has 2 heterocycles. The maximum absolute atomic E-state index is 12.0. The minimum atomic E-state index is -0.391. The lowest BCUT2D eigenvalue weighted by Crippen LogP contribution is -2.44. The monoisotopic (exact) mass is 235 g/mol. The summed E-state index contributed by atoms with van der Waals surface area (Å²) < 4.78 is 6.00. The Morgan fingerprint density at radius 1 is 1.65 bits per heavy atom. The molecule has 0 radical (unpaired) electrons. The Labute approximate surface area is 103 Å². The molecule has 0 bridgehead atoms. The summed E-state index contributed by atoms with van der Waals surface area (Å²) in [6.45, 7) is 10.6. The number of nitrogens with zero attached hydrogens (tertiary/aromatic N) is 1. The van der Waals surface area contributed by atoms with Gasteiger partial charge in [0, 0.05) is 5.54 Å². The van der Waals surface area contributed by atoms with Crippen LogP contribution in [0.2, 0.25) is 0 Å². The van der Waals surface area contributed by atoms with Gasteiger partial charge in [-0.3, -0.25) is 4.79 Å². The minimum absolute atomic E-state index is 0.0835. The number of hydrogen-bond donors (Lipinski definition) is 0. The molecule has 2 unspecified atom stereocenters. The first-order valence-electron chi connectivity index (χ1n) is 6.15. The minimum Gasteiger partial charge on any atom is -0.361 e. The molecule has 1 amide bonds. The first-order valence-corrected chi connectivity index (χ1v) is 6.15. The number of carbonyl (C=O) groups excluding carboxylic acids is 1. The van der Waals surface area contributed by atoms with Crippen LogP contribution in [0.25, 0.3) is 0 Å². The Morgan fingerprint density at radius 3 is 2.88 bits per heavy atom.